The molecule has 0 aliphatic heterocycles. The molecule has 0 bridgehead atoms. The van der Waals surface area contributed by atoms with E-state index in [1.165, 1.54) is 12.1 Å². The van der Waals surface area contributed by atoms with Crippen LogP contribution in [0.25, 0.3) is 0 Å². The lowest BCUT2D eigenvalue weighted by Crippen LogP contribution is -2.31. The van der Waals surface area contributed by atoms with E-state index in [9.17, 15) is 9.18 Å². The monoisotopic (exact) mass is 302 g/mol. The van der Waals surface area contributed by atoms with Crippen molar-refractivity contribution in [2.75, 3.05) is 11.9 Å². The van der Waals surface area contributed by atoms with Gasteiger partial charge in [-0.3, -0.25) is 0 Å². The normalized spacial score (nSPS) is 11.6. The summed E-state index contributed by atoms with van der Waals surface area (Å²) in [5.74, 6) is 0.320. The Morgan fingerprint density at radius 2 is 1.86 bits per heavy atom. The van der Waals surface area contributed by atoms with Crippen LogP contribution < -0.4 is 15.4 Å². The average Bonchev–Trinajstić information content (AvgIpc) is 2.50. The van der Waals surface area contributed by atoms with Gasteiger partial charge in [-0.05, 0) is 43.7 Å². The van der Waals surface area contributed by atoms with E-state index in [0.717, 1.165) is 11.3 Å². The largest absolute Gasteiger partial charge is 0.494 e. The molecular formula is C17H19FN2O2. The lowest BCUT2D eigenvalue weighted by Gasteiger charge is -2.16. The number of nitrogens with one attached hydrogen (secondary N) is 2. The minimum atomic E-state index is -0.466. The van der Waals surface area contributed by atoms with Crippen molar-refractivity contribution < 1.29 is 13.9 Å². The smallest absolute Gasteiger partial charge is 0.319 e. The number of carbonyl (C=O) groups excluding carboxylic acids is 1. The Bertz CT molecular complexity index is 629. The number of ether oxygens (including phenoxy) is 1. The van der Waals surface area contributed by atoms with Crippen molar-refractivity contribution in [2.24, 2.45) is 0 Å². The zero-order valence-corrected chi connectivity index (χ0v) is 12.6. The number of amides is 2. The number of hydrogen-bond donors (Lipinski definition) is 2. The molecule has 22 heavy (non-hydrogen) atoms. The Labute approximate surface area is 129 Å². The molecule has 116 valence electrons. The number of rotatable bonds is 5. The van der Waals surface area contributed by atoms with Crippen LogP contribution in [0.3, 0.4) is 0 Å². The van der Waals surface area contributed by atoms with Crippen molar-refractivity contribution in [1.29, 1.82) is 0 Å². The highest BCUT2D eigenvalue weighted by Gasteiger charge is 2.11. The molecule has 0 saturated carbocycles. The Morgan fingerprint density at radius 3 is 2.50 bits per heavy atom. The van der Waals surface area contributed by atoms with Crippen LogP contribution in [0.15, 0.2) is 48.5 Å². The van der Waals surface area contributed by atoms with Gasteiger partial charge in [0.05, 0.1) is 18.3 Å². The highest BCUT2D eigenvalue weighted by atomic mass is 19.1. The Morgan fingerprint density at radius 1 is 1.18 bits per heavy atom. The lowest BCUT2D eigenvalue weighted by atomic mass is 10.1. The first-order valence-corrected chi connectivity index (χ1v) is 7.15. The first-order chi connectivity index (χ1) is 10.6. The van der Waals surface area contributed by atoms with Gasteiger partial charge >= 0.3 is 6.03 Å². The van der Waals surface area contributed by atoms with Crippen molar-refractivity contribution >= 4 is 11.7 Å². The van der Waals surface area contributed by atoms with Crippen LogP contribution in [-0.4, -0.2) is 12.6 Å². The maximum absolute atomic E-state index is 13.5. The predicted molar refractivity (Wildman–Crippen MR) is 84.6 cm³/mol. The van der Waals surface area contributed by atoms with E-state index in [-0.39, 0.29) is 11.7 Å². The second-order valence-electron chi connectivity index (χ2n) is 4.80. The topological polar surface area (TPSA) is 50.4 Å². The molecule has 0 spiro atoms. The van der Waals surface area contributed by atoms with E-state index in [1.54, 1.807) is 12.1 Å². The SMILES string of the molecule is CCOc1ccc([C@@H](C)NC(=O)Nc2ccccc2F)cc1. The standard InChI is InChI=1S/C17H19FN2O2/c1-3-22-14-10-8-13(9-11-14)12(2)19-17(21)20-16-7-5-4-6-15(16)18/h4-12H,3H2,1-2H3,(H2,19,20,21)/t12-/m1/s1. The minimum Gasteiger partial charge on any atom is -0.494 e. The van der Waals surface area contributed by atoms with Crippen molar-refractivity contribution in [2.45, 2.75) is 19.9 Å². The molecule has 0 radical (unpaired) electrons. The third-order valence-corrected chi connectivity index (χ3v) is 3.16. The fourth-order valence-electron chi connectivity index (χ4n) is 2.02. The molecule has 0 aliphatic rings. The Kier molecular flexibility index (Phi) is 5.36. The molecule has 0 unspecified atom stereocenters. The molecule has 2 aromatic rings. The second kappa shape index (κ2) is 7.45. The molecule has 0 saturated heterocycles. The highest BCUT2D eigenvalue weighted by Crippen LogP contribution is 2.18. The van der Waals surface area contributed by atoms with Crippen LogP contribution >= 0.6 is 0 Å². The average molecular weight is 302 g/mol. The van der Waals surface area contributed by atoms with E-state index >= 15 is 0 Å². The van der Waals surface area contributed by atoms with Gasteiger partial charge < -0.3 is 15.4 Å². The van der Waals surface area contributed by atoms with Crippen molar-refractivity contribution in [3.8, 4) is 5.75 Å². The molecule has 0 heterocycles. The van der Waals surface area contributed by atoms with Crippen molar-refractivity contribution in [3.05, 3.63) is 59.9 Å². The van der Waals surface area contributed by atoms with Gasteiger partial charge in [-0.2, -0.15) is 0 Å². The second-order valence-corrected chi connectivity index (χ2v) is 4.80. The van der Waals surface area contributed by atoms with Crippen LogP contribution in [0.5, 0.6) is 5.75 Å². The number of para-hydroxylation sites is 1. The van der Waals surface area contributed by atoms with Gasteiger partial charge in [0, 0.05) is 0 Å². The third kappa shape index (κ3) is 4.22. The highest BCUT2D eigenvalue weighted by molar-refractivity contribution is 5.89. The third-order valence-electron chi connectivity index (χ3n) is 3.16. The van der Waals surface area contributed by atoms with Crippen LogP contribution in [0, 0.1) is 5.82 Å². The van der Waals surface area contributed by atoms with Crippen LogP contribution in [-0.2, 0) is 0 Å². The van der Waals surface area contributed by atoms with Crippen LogP contribution in [0.2, 0.25) is 0 Å². The number of hydrogen-bond acceptors (Lipinski definition) is 2. The summed E-state index contributed by atoms with van der Waals surface area (Å²) in [5.41, 5.74) is 1.09. The summed E-state index contributed by atoms with van der Waals surface area (Å²) in [6.07, 6.45) is 0. The van der Waals surface area contributed by atoms with Gasteiger partial charge in [0.15, 0.2) is 0 Å². The van der Waals surface area contributed by atoms with Crippen LogP contribution in [0.1, 0.15) is 25.5 Å². The van der Waals surface area contributed by atoms with E-state index in [1.807, 2.05) is 38.1 Å². The summed E-state index contributed by atoms with van der Waals surface area (Å²) in [6.45, 7) is 4.39. The summed E-state index contributed by atoms with van der Waals surface area (Å²) >= 11 is 0. The fraction of sp³-hybridized carbons (Fsp3) is 0.235. The van der Waals surface area contributed by atoms with Crippen molar-refractivity contribution in [1.82, 2.24) is 5.32 Å². The van der Waals surface area contributed by atoms with E-state index < -0.39 is 11.8 Å². The zero-order chi connectivity index (χ0) is 15.9. The maximum atomic E-state index is 13.5. The molecule has 1 atom stereocenters. The number of urea groups is 1. The molecule has 2 amide bonds. The maximum Gasteiger partial charge on any atom is 0.319 e. The Hall–Kier alpha value is -2.56. The summed E-state index contributed by atoms with van der Waals surface area (Å²) in [5, 5.41) is 5.26. The van der Waals surface area contributed by atoms with Gasteiger partial charge in [-0.15, -0.1) is 0 Å². The van der Waals surface area contributed by atoms with E-state index in [2.05, 4.69) is 10.6 Å². The zero-order valence-electron chi connectivity index (χ0n) is 12.6. The first-order valence-electron chi connectivity index (χ1n) is 7.15. The van der Waals surface area contributed by atoms with Gasteiger partial charge in [0.25, 0.3) is 0 Å². The summed E-state index contributed by atoms with van der Waals surface area (Å²) < 4.78 is 18.8. The molecule has 2 aromatic carbocycles. The lowest BCUT2D eigenvalue weighted by molar-refractivity contribution is 0.249. The number of carbonyl (C=O) groups is 1. The number of halogens is 1. The molecule has 0 aromatic heterocycles. The summed E-state index contributed by atoms with van der Waals surface area (Å²) in [6, 6.07) is 12.9. The molecule has 0 aliphatic carbocycles. The van der Waals surface area contributed by atoms with E-state index in [4.69, 9.17) is 4.74 Å². The molecule has 2 N–H and O–H groups in total. The molecular weight excluding hydrogens is 283 g/mol. The summed E-state index contributed by atoms with van der Waals surface area (Å²) in [7, 11) is 0. The van der Waals surface area contributed by atoms with Gasteiger partial charge in [-0.1, -0.05) is 24.3 Å². The van der Waals surface area contributed by atoms with Crippen LogP contribution in [0.4, 0.5) is 14.9 Å². The van der Waals surface area contributed by atoms with Gasteiger partial charge in [-0.25, -0.2) is 9.18 Å². The summed E-state index contributed by atoms with van der Waals surface area (Å²) in [4.78, 5) is 11.9. The number of anilines is 1. The molecule has 2 rings (SSSR count). The quantitative estimate of drug-likeness (QED) is 0.873. The fourth-order valence-corrected chi connectivity index (χ4v) is 2.02. The van der Waals surface area contributed by atoms with Crippen molar-refractivity contribution in [3.63, 3.8) is 0 Å². The van der Waals surface area contributed by atoms with E-state index in [0.29, 0.717) is 6.61 Å². The molecule has 5 heteroatoms. The predicted octanol–water partition coefficient (Wildman–Crippen LogP) is 4.11. The minimum absolute atomic E-state index is 0.152. The first kappa shape index (κ1) is 15.8. The van der Waals surface area contributed by atoms with Gasteiger partial charge in [0.2, 0.25) is 0 Å². The van der Waals surface area contributed by atoms with Gasteiger partial charge in [0.1, 0.15) is 11.6 Å². The Balaban J connectivity index is 1.94. The molecule has 0 fully saturated rings. The molecule has 4 nitrogen and oxygen atoms in total. The number of benzene rings is 2.